The molecular weight excluding hydrogens is 362 g/mol. The molecule has 146 valence electrons. The van der Waals surface area contributed by atoms with E-state index in [1.54, 1.807) is 0 Å². The highest BCUT2D eigenvalue weighted by atomic mass is 16.5. The number of nitrogens with one attached hydrogen (secondary N) is 1. The summed E-state index contributed by atoms with van der Waals surface area (Å²) in [5, 5.41) is 12.5. The Kier molecular flexibility index (Phi) is 4.57. The molecule has 2 aliphatic carbocycles. The van der Waals surface area contributed by atoms with Crippen molar-refractivity contribution < 1.29 is 14.6 Å². The largest absolute Gasteiger partial charge is 0.448 e. The van der Waals surface area contributed by atoms with Gasteiger partial charge in [0, 0.05) is 17.2 Å². The van der Waals surface area contributed by atoms with Crippen LogP contribution in [0.25, 0.3) is 11.1 Å². The maximum atomic E-state index is 12.5. The topological polar surface area (TPSA) is 58.6 Å². The molecule has 0 heterocycles. The molecule has 0 saturated heterocycles. The van der Waals surface area contributed by atoms with Crippen LogP contribution in [-0.2, 0) is 24.2 Å². The van der Waals surface area contributed by atoms with Gasteiger partial charge < -0.3 is 9.84 Å². The Labute approximate surface area is 170 Å². The van der Waals surface area contributed by atoms with Crippen LogP contribution in [0.3, 0.4) is 0 Å². The first kappa shape index (κ1) is 18.0. The summed E-state index contributed by atoms with van der Waals surface area (Å²) in [7, 11) is 0. The number of rotatable bonds is 4. The number of ether oxygens (including phenoxy) is 1. The Morgan fingerprint density at radius 2 is 1.59 bits per heavy atom. The predicted octanol–water partition coefficient (Wildman–Crippen LogP) is 5.03. The van der Waals surface area contributed by atoms with E-state index in [2.05, 4.69) is 29.6 Å². The number of aliphatic hydroxyl groups excluding tert-OH is 1. The van der Waals surface area contributed by atoms with Crippen LogP contribution < -0.4 is 5.32 Å². The summed E-state index contributed by atoms with van der Waals surface area (Å²) in [4.78, 5) is 12.5. The van der Waals surface area contributed by atoms with Gasteiger partial charge in [-0.2, -0.15) is 0 Å². The van der Waals surface area contributed by atoms with Crippen LogP contribution in [0.1, 0.15) is 40.2 Å². The minimum absolute atomic E-state index is 0.0329. The molecule has 0 atom stereocenters. The maximum absolute atomic E-state index is 12.5. The fourth-order valence-electron chi connectivity index (χ4n) is 4.67. The van der Waals surface area contributed by atoms with E-state index >= 15 is 0 Å². The van der Waals surface area contributed by atoms with Gasteiger partial charge in [0.25, 0.3) is 0 Å². The second-order valence-electron chi connectivity index (χ2n) is 7.74. The van der Waals surface area contributed by atoms with Crippen molar-refractivity contribution in [2.45, 2.75) is 31.8 Å². The van der Waals surface area contributed by atoms with E-state index in [0.29, 0.717) is 5.69 Å². The first-order chi connectivity index (χ1) is 14.2. The minimum atomic E-state index is -0.487. The molecule has 0 saturated carbocycles. The van der Waals surface area contributed by atoms with Gasteiger partial charge in [-0.3, -0.25) is 5.32 Å². The molecule has 3 aromatic rings. The van der Waals surface area contributed by atoms with E-state index in [1.807, 2.05) is 36.4 Å². The minimum Gasteiger partial charge on any atom is -0.448 e. The van der Waals surface area contributed by atoms with Crippen molar-refractivity contribution in [1.82, 2.24) is 0 Å². The fourth-order valence-corrected chi connectivity index (χ4v) is 4.67. The number of fused-ring (bicyclic) bond motifs is 4. The maximum Gasteiger partial charge on any atom is 0.411 e. The smallest absolute Gasteiger partial charge is 0.411 e. The van der Waals surface area contributed by atoms with Gasteiger partial charge in [0.2, 0.25) is 0 Å². The van der Waals surface area contributed by atoms with Gasteiger partial charge in [0.05, 0.1) is 6.61 Å². The standard InChI is InChI=1S/C25H23NO3/c27-14-18-12-16-6-5-7-17(16)13-24(18)26-25(28)29-15-23-21-10-3-1-8-19(21)20-9-2-4-11-22(20)23/h1-4,8-13,23,27H,5-7,14-15H2,(H,26,28). The molecule has 0 bridgehead atoms. The molecule has 0 fully saturated rings. The average Bonchev–Trinajstić information content (AvgIpc) is 3.33. The van der Waals surface area contributed by atoms with Gasteiger partial charge in [-0.05, 0) is 58.7 Å². The Morgan fingerprint density at radius 1 is 0.966 bits per heavy atom. The molecular formula is C25H23NO3. The molecule has 0 aromatic heterocycles. The lowest BCUT2D eigenvalue weighted by Gasteiger charge is -2.16. The number of amides is 1. The highest BCUT2D eigenvalue weighted by Gasteiger charge is 2.29. The molecule has 0 radical (unpaired) electrons. The third-order valence-electron chi connectivity index (χ3n) is 6.07. The SMILES string of the molecule is O=C(Nc1cc2c(cc1CO)CCC2)OCC1c2ccccc2-c2ccccc21. The van der Waals surface area contributed by atoms with Gasteiger partial charge in [0.1, 0.15) is 6.61 Å². The van der Waals surface area contributed by atoms with Crippen molar-refractivity contribution in [3.8, 4) is 11.1 Å². The lowest BCUT2D eigenvalue weighted by atomic mass is 9.98. The normalized spacial score (nSPS) is 14.2. The number of carbonyl (C=O) groups is 1. The van der Waals surface area contributed by atoms with E-state index in [0.717, 1.165) is 24.8 Å². The summed E-state index contributed by atoms with van der Waals surface area (Å²) in [5.74, 6) is 0.0329. The van der Waals surface area contributed by atoms with Gasteiger partial charge in [-0.25, -0.2) is 4.79 Å². The van der Waals surface area contributed by atoms with Crippen LogP contribution in [-0.4, -0.2) is 17.8 Å². The summed E-state index contributed by atoms with van der Waals surface area (Å²) in [6.45, 7) is 0.172. The van der Waals surface area contributed by atoms with Crippen molar-refractivity contribution in [2.24, 2.45) is 0 Å². The zero-order valence-electron chi connectivity index (χ0n) is 16.2. The molecule has 0 unspecified atom stereocenters. The molecule has 0 spiro atoms. The molecule has 0 aliphatic heterocycles. The Hall–Kier alpha value is -3.11. The van der Waals surface area contributed by atoms with Crippen LogP contribution in [0, 0.1) is 0 Å². The monoisotopic (exact) mass is 385 g/mol. The molecule has 4 heteroatoms. The van der Waals surface area contributed by atoms with Gasteiger partial charge in [-0.1, -0.05) is 54.6 Å². The summed E-state index contributed by atoms with van der Waals surface area (Å²) >= 11 is 0. The van der Waals surface area contributed by atoms with Crippen molar-refractivity contribution in [1.29, 1.82) is 0 Å². The Balaban J connectivity index is 1.33. The van der Waals surface area contributed by atoms with E-state index in [-0.39, 0.29) is 19.1 Å². The number of aliphatic hydroxyl groups is 1. The molecule has 3 aromatic carbocycles. The Bertz CT molecular complexity index is 1040. The first-order valence-electron chi connectivity index (χ1n) is 10.1. The van der Waals surface area contributed by atoms with Crippen LogP contribution >= 0.6 is 0 Å². The number of carbonyl (C=O) groups excluding carboxylic acids is 1. The van der Waals surface area contributed by atoms with Crippen LogP contribution in [0.4, 0.5) is 10.5 Å². The van der Waals surface area contributed by atoms with E-state index < -0.39 is 6.09 Å². The molecule has 2 N–H and O–H groups in total. The summed E-state index contributed by atoms with van der Waals surface area (Å²) in [6.07, 6.45) is 2.68. The molecule has 5 rings (SSSR count). The molecule has 4 nitrogen and oxygen atoms in total. The zero-order valence-corrected chi connectivity index (χ0v) is 16.2. The van der Waals surface area contributed by atoms with Gasteiger partial charge >= 0.3 is 6.09 Å². The average molecular weight is 385 g/mol. The summed E-state index contributed by atoms with van der Waals surface area (Å²) < 4.78 is 5.63. The van der Waals surface area contributed by atoms with Crippen molar-refractivity contribution in [2.75, 3.05) is 11.9 Å². The zero-order chi connectivity index (χ0) is 19.8. The summed E-state index contributed by atoms with van der Waals surface area (Å²) in [6, 6.07) is 20.5. The number of anilines is 1. The Morgan fingerprint density at radius 3 is 2.24 bits per heavy atom. The highest BCUT2D eigenvalue weighted by Crippen LogP contribution is 2.44. The third kappa shape index (κ3) is 3.19. The number of aryl methyl sites for hydroxylation is 2. The lowest BCUT2D eigenvalue weighted by Crippen LogP contribution is -2.19. The molecule has 29 heavy (non-hydrogen) atoms. The van der Waals surface area contributed by atoms with E-state index in [9.17, 15) is 9.90 Å². The van der Waals surface area contributed by atoms with Crippen molar-refractivity contribution in [3.05, 3.63) is 88.5 Å². The first-order valence-corrected chi connectivity index (χ1v) is 10.1. The highest BCUT2D eigenvalue weighted by molar-refractivity contribution is 5.86. The van der Waals surface area contributed by atoms with E-state index in [4.69, 9.17) is 4.74 Å². The summed E-state index contributed by atoms with van der Waals surface area (Å²) in [5.41, 5.74) is 8.69. The number of hydrogen-bond acceptors (Lipinski definition) is 3. The third-order valence-corrected chi connectivity index (χ3v) is 6.07. The van der Waals surface area contributed by atoms with Gasteiger partial charge in [0.15, 0.2) is 0 Å². The van der Waals surface area contributed by atoms with Crippen molar-refractivity contribution in [3.63, 3.8) is 0 Å². The molecule has 2 aliphatic rings. The lowest BCUT2D eigenvalue weighted by molar-refractivity contribution is 0.158. The fraction of sp³-hybridized carbons (Fsp3) is 0.240. The number of hydrogen-bond donors (Lipinski definition) is 2. The number of benzene rings is 3. The predicted molar refractivity (Wildman–Crippen MR) is 113 cm³/mol. The molecule has 1 amide bonds. The van der Waals surface area contributed by atoms with Gasteiger partial charge in [-0.15, -0.1) is 0 Å². The second kappa shape index (κ2) is 7.37. The second-order valence-corrected chi connectivity index (χ2v) is 7.74. The van der Waals surface area contributed by atoms with Crippen LogP contribution in [0.5, 0.6) is 0 Å². The van der Waals surface area contributed by atoms with Crippen LogP contribution in [0.15, 0.2) is 60.7 Å². The van der Waals surface area contributed by atoms with E-state index in [1.165, 1.54) is 33.4 Å². The quantitative estimate of drug-likeness (QED) is 0.662. The van der Waals surface area contributed by atoms with Crippen LogP contribution in [0.2, 0.25) is 0 Å². The van der Waals surface area contributed by atoms with Crippen molar-refractivity contribution >= 4 is 11.8 Å².